The maximum atomic E-state index is 3.64. The van der Waals surface area contributed by atoms with E-state index in [9.17, 15) is 0 Å². The molecule has 0 aliphatic carbocycles. The van der Waals surface area contributed by atoms with E-state index in [-0.39, 0.29) is 5.41 Å². The van der Waals surface area contributed by atoms with Crippen LogP contribution in [0.15, 0.2) is 24.3 Å². The van der Waals surface area contributed by atoms with Gasteiger partial charge in [0.25, 0.3) is 0 Å². The van der Waals surface area contributed by atoms with Crippen molar-refractivity contribution >= 4 is 0 Å². The van der Waals surface area contributed by atoms with E-state index in [0.29, 0.717) is 12.0 Å². The summed E-state index contributed by atoms with van der Waals surface area (Å²) in [5.74, 6) is 0.607. The molecular formula is C17H29N. The minimum Gasteiger partial charge on any atom is -0.310 e. The quantitative estimate of drug-likeness (QED) is 0.754. The van der Waals surface area contributed by atoms with E-state index in [2.05, 4.69) is 71.1 Å². The van der Waals surface area contributed by atoms with Gasteiger partial charge in [0.1, 0.15) is 0 Å². The summed E-state index contributed by atoms with van der Waals surface area (Å²) in [4.78, 5) is 0. The fourth-order valence-corrected chi connectivity index (χ4v) is 2.33. The third-order valence-electron chi connectivity index (χ3n) is 4.04. The zero-order valence-corrected chi connectivity index (χ0v) is 12.9. The van der Waals surface area contributed by atoms with Gasteiger partial charge in [-0.25, -0.2) is 0 Å². The fraction of sp³-hybridized carbons (Fsp3) is 0.647. The highest BCUT2D eigenvalue weighted by molar-refractivity contribution is 5.28. The summed E-state index contributed by atoms with van der Waals surface area (Å²) in [6.07, 6.45) is 1.18. The Kier molecular flexibility index (Phi) is 5.40. The van der Waals surface area contributed by atoms with Gasteiger partial charge in [-0.05, 0) is 35.4 Å². The highest BCUT2D eigenvalue weighted by atomic mass is 14.9. The molecule has 0 saturated carbocycles. The largest absolute Gasteiger partial charge is 0.310 e. The van der Waals surface area contributed by atoms with Gasteiger partial charge in [0.2, 0.25) is 0 Å². The average Bonchev–Trinajstić information content (AvgIpc) is 2.36. The topological polar surface area (TPSA) is 12.0 Å². The van der Waals surface area contributed by atoms with Crippen LogP contribution in [0.3, 0.4) is 0 Å². The van der Waals surface area contributed by atoms with Crippen LogP contribution in [0.4, 0.5) is 0 Å². The Balaban J connectivity index is 2.99. The van der Waals surface area contributed by atoms with Crippen molar-refractivity contribution in [3.8, 4) is 0 Å². The van der Waals surface area contributed by atoms with E-state index < -0.39 is 0 Å². The Bertz CT molecular complexity index is 348. The zero-order valence-electron chi connectivity index (χ0n) is 12.9. The first-order chi connectivity index (χ1) is 8.42. The molecule has 0 aromatic heterocycles. The van der Waals surface area contributed by atoms with Crippen LogP contribution in [0.5, 0.6) is 0 Å². The smallest absolute Gasteiger partial charge is 0.0371 e. The third-order valence-corrected chi connectivity index (χ3v) is 4.04. The molecule has 102 valence electrons. The number of hydrogen-bond donors (Lipinski definition) is 1. The molecule has 0 radical (unpaired) electrons. The molecule has 0 fully saturated rings. The Morgan fingerprint density at radius 2 is 1.50 bits per heavy atom. The van der Waals surface area contributed by atoms with Crippen LogP contribution in [0, 0.1) is 5.41 Å². The van der Waals surface area contributed by atoms with Gasteiger partial charge in [-0.3, -0.25) is 0 Å². The Morgan fingerprint density at radius 3 is 1.89 bits per heavy atom. The van der Waals surface area contributed by atoms with Gasteiger partial charge < -0.3 is 5.32 Å². The summed E-state index contributed by atoms with van der Waals surface area (Å²) in [5.41, 5.74) is 3.12. The van der Waals surface area contributed by atoms with Gasteiger partial charge in [0, 0.05) is 6.04 Å². The predicted octanol–water partition coefficient (Wildman–Crippen LogP) is 4.90. The third kappa shape index (κ3) is 3.58. The fourth-order valence-electron chi connectivity index (χ4n) is 2.33. The Labute approximate surface area is 113 Å². The molecule has 0 aliphatic heterocycles. The van der Waals surface area contributed by atoms with Crippen molar-refractivity contribution in [3.63, 3.8) is 0 Å². The molecule has 1 rings (SSSR count). The summed E-state index contributed by atoms with van der Waals surface area (Å²) < 4.78 is 0. The summed E-state index contributed by atoms with van der Waals surface area (Å²) in [6.45, 7) is 14.6. The van der Waals surface area contributed by atoms with Gasteiger partial charge >= 0.3 is 0 Å². The minimum atomic E-state index is 0.287. The highest BCUT2D eigenvalue weighted by Gasteiger charge is 2.28. The summed E-state index contributed by atoms with van der Waals surface area (Å²) in [6, 6.07) is 9.57. The van der Waals surface area contributed by atoms with E-state index in [1.165, 1.54) is 17.5 Å². The van der Waals surface area contributed by atoms with Crippen LogP contribution < -0.4 is 5.32 Å². The molecule has 18 heavy (non-hydrogen) atoms. The van der Waals surface area contributed by atoms with Gasteiger partial charge in [0.05, 0.1) is 0 Å². The van der Waals surface area contributed by atoms with Crippen LogP contribution in [-0.2, 0) is 0 Å². The van der Waals surface area contributed by atoms with E-state index in [4.69, 9.17) is 0 Å². The maximum absolute atomic E-state index is 3.64. The second-order valence-corrected chi connectivity index (χ2v) is 6.15. The number of nitrogens with one attached hydrogen (secondary N) is 1. The molecule has 0 spiro atoms. The molecule has 1 nitrogen and oxygen atoms in total. The van der Waals surface area contributed by atoms with Crippen molar-refractivity contribution in [3.05, 3.63) is 35.4 Å². The minimum absolute atomic E-state index is 0.287. The summed E-state index contributed by atoms with van der Waals surface area (Å²) >= 11 is 0. The van der Waals surface area contributed by atoms with Crippen LogP contribution in [0.1, 0.15) is 71.0 Å². The second-order valence-electron chi connectivity index (χ2n) is 6.15. The van der Waals surface area contributed by atoms with Crippen molar-refractivity contribution in [1.82, 2.24) is 5.32 Å². The zero-order chi connectivity index (χ0) is 13.8. The van der Waals surface area contributed by atoms with Crippen LogP contribution in [0.2, 0.25) is 0 Å². The molecule has 0 bridgehead atoms. The van der Waals surface area contributed by atoms with Crippen LogP contribution >= 0.6 is 0 Å². The van der Waals surface area contributed by atoms with Crippen molar-refractivity contribution < 1.29 is 0 Å². The van der Waals surface area contributed by atoms with Crippen molar-refractivity contribution in [2.45, 2.75) is 59.9 Å². The number of benzene rings is 1. The standard InChI is InChI=1S/C17H29N/c1-7-17(5,6)16(18-8-2)15-11-9-14(10-12-15)13(3)4/h9-13,16,18H,7-8H2,1-6H3. The second kappa shape index (κ2) is 6.38. The first kappa shape index (κ1) is 15.2. The lowest BCUT2D eigenvalue weighted by Crippen LogP contribution is -2.33. The molecule has 1 aromatic rings. The molecule has 0 amide bonds. The SMILES string of the molecule is CCNC(c1ccc(C(C)C)cc1)C(C)(C)CC. The predicted molar refractivity (Wildman–Crippen MR) is 81.0 cm³/mol. The van der Waals surface area contributed by atoms with E-state index >= 15 is 0 Å². The first-order valence-corrected chi connectivity index (χ1v) is 7.25. The lowest BCUT2D eigenvalue weighted by atomic mass is 9.78. The van der Waals surface area contributed by atoms with Crippen molar-refractivity contribution in [2.75, 3.05) is 6.54 Å². The molecule has 0 heterocycles. The number of hydrogen-bond acceptors (Lipinski definition) is 1. The van der Waals surface area contributed by atoms with E-state index in [0.717, 1.165) is 6.54 Å². The lowest BCUT2D eigenvalue weighted by molar-refractivity contribution is 0.237. The molecule has 1 aromatic carbocycles. The van der Waals surface area contributed by atoms with Gasteiger partial charge in [-0.1, -0.05) is 65.8 Å². The maximum Gasteiger partial charge on any atom is 0.0371 e. The van der Waals surface area contributed by atoms with Crippen LogP contribution in [-0.4, -0.2) is 6.54 Å². The monoisotopic (exact) mass is 247 g/mol. The molecule has 1 unspecified atom stereocenters. The normalized spacial score (nSPS) is 13.9. The molecular weight excluding hydrogens is 218 g/mol. The summed E-state index contributed by atoms with van der Waals surface area (Å²) in [5, 5.41) is 3.64. The first-order valence-electron chi connectivity index (χ1n) is 7.25. The van der Waals surface area contributed by atoms with Crippen molar-refractivity contribution in [2.24, 2.45) is 5.41 Å². The summed E-state index contributed by atoms with van der Waals surface area (Å²) in [7, 11) is 0. The number of rotatable bonds is 6. The Hall–Kier alpha value is -0.820. The molecule has 0 saturated heterocycles. The molecule has 1 heteroatoms. The lowest BCUT2D eigenvalue weighted by Gasteiger charge is -2.34. The average molecular weight is 247 g/mol. The van der Waals surface area contributed by atoms with E-state index in [1.54, 1.807) is 0 Å². The van der Waals surface area contributed by atoms with Crippen LogP contribution in [0.25, 0.3) is 0 Å². The Morgan fingerprint density at radius 1 is 1.00 bits per heavy atom. The highest BCUT2D eigenvalue weighted by Crippen LogP contribution is 2.36. The van der Waals surface area contributed by atoms with Gasteiger partial charge in [-0.2, -0.15) is 0 Å². The molecule has 1 atom stereocenters. The van der Waals surface area contributed by atoms with Gasteiger partial charge in [-0.15, -0.1) is 0 Å². The molecule has 0 aliphatic rings. The van der Waals surface area contributed by atoms with Gasteiger partial charge in [0.15, 0.2) is 0 Å². The van der Waals surface area contributed by atoms with Crippen molar-refractivity contribution in [1.29, 1.82) is 0 Å². The van der Waals surface area contributed by atoms with E-state index in [1.807, 2.05) is 0 Å². The molecule has 1 N–H and O–H groups in total.